The van der Waals surface area contributed by atoms with Crippen molar-refractivity contribution in [2.24, 2.45) is 0 Å². The highest BCUT2D eigenvalue weighted by Crippen LogP contribution is 2.38. The molecule has 1 aromatic rings. The van der Waals surface area contributed by atoms with E-state index in [1.54, 1.807) is 13.2 Å². The Balaban J connectivity index is 1.96. The summed E-state index contributed by atoms with van der Waals surface area (Å²) in [7, 11) is -1.90. The van der Waals surface area contributed by atoms with Gasteiger partial charge in [0.25, 0.3) is 0 Å². The van der Waals surface area contributed by atoms with Crippen molar-refractivity contribution in [1.82, 2.24) is 5.32 Å². The molecule has 1 fully saturated rings. The third-order valence-corrected chi connectivity index (χ3v) is 16.3. The first-order chi connectivity index (χ1) is 25.2. The highest BCUT2D eigenvalue weighted by atomic mass is 28.4. The Hall–Kier alpha value is -3.23. The van der Waals surface area contributed by atoms with Crippen LogP contribution in [-0.4, -0.2) is 72.8 Å². The average Bonchev–Trinajstić information content (AvgIpc) is 3.04. The van der Waals surface area contributed by atoms with E-state index in [1.165, 1.54) is 6.08 Å². The number of alkyl carbamates (subject to hydrolysis) is 1. The highest BCUT2D eigenvalue weighted by molar-refractivity contribution is 6.76. The van der Waals surface area contributed by atoms with Gasteiger partial charge in [-0.15, -0.1) is 0 Å². The summed E-state index contributed by atoms with van der Waals surface area (Å²) in [5.41, 5.74) is 3.98. The first kappa shape index (κ1) is 45.2. The van der Waals surface area contributed by atoms with Gasteiger partial charge in [-0.05, 0) is 81.4 Å². The van der Waals surface area contributed by atoms with Crippen LogP contribution in [0.4, 0.5) is 4.79 Å². The summed E-state index contributed by atoms with van der Waals surface area (Å²) >= 11 is 0. The van der Waals surface area contributed by atoms with Gasteiger partial charge in [0.2, 0.25) is 0 Å². The van der Waals surface area contributed by atoms with E-state index in [1.807, 2.05) is 44.2 Å². The molecular formula is C43H67NO8Si2. The van der Waals surface area contributed by atoms with E-state index in [0.29, 0.717) is 25.9 Å². The molecule has 0 spiro atoms. The summed E-state index contributed by atoms with van der Waals surface area (Å²) in [5, 5.41) is 2.93. The van der Waals surface area contributed by atoms with Gasteiger partial charge in [-0.3, -0.25) is 5.32 Å². The lowest BCUT2D eigenvalue weighted by molar-refractivity contribution is -0.154. The van der Waals surface area contributed by atoms with E-state index in [-0.39, 0.29) is 30.0 Å². The van der Waals surface area contributed by atoms with Crippen LogP contribution in [0.3, 0.4) is 0 Å². The van der Waals surface area contributed by atoms with Crippen LogP contribution in [0.5, 0.6) is 5.75 Å². The molecule has 9 nitrogen and oxygen atoms in total. The maximum Gasteiger partial charge on any atom is 0.409 e. The van der Waals surface area contributed by atoms with Gasteiger partial charge in [-0.1, -0.05) is 106 Å². The maximum atomic E-state index is 13.5. The number of esters is 1. The summed E-state index contributed by atoms with van der Waals surface area (Å²) < 4.78 is 36.8. The van der Waals surface area contributed by atoms with Gasteiger partial charge >= 0.3 is 12.1 Å². The summed E-state index contributed by atoms with van der Waals surface area (Å²) in [4.78, 5) is 26.6. The number of benzene rings is 1. The fraction of sp³-hybridized carbons (Fsp3) is 0.581. The van der Waals surface area contributed by atoms with Gasteiger partial charge in [0.05, 0.1) is 38.6 Å². The quantitative estimate of drug-likeness (QED) is 0.103. The fourth-order valence-corrected chi connectivity index (χ4v) is 7.88. The molecule has 3 rings (SSSR count). The Kier molecular flexibility index (Phi) is 17.2. The Morgan fingerprint density at radius 1 is 1.02 bits per heavy atom. The second-order valence-corrected chi connectivity index (χ2v) is 27.9. The standard InChI is InChI=1S/C43H67NO8Si2/c1-31-15-13-18-40(45)51-39(41(44-42(46)48-23-24-53(8,9)10)49-30-34-19-21-35(47-7)22-20-34)29-33(3)28-38-27-32(2)26-36(50-38)16-14-17-37(25-31)52-54(11,12)43(4,5)6/h13-15,17-22,28,36-39,41H,2,16,23-27,29-30H2,1,3-12H3,(H,44,46)/b17-14+,18-13+,31-15-,33-28+/t36-,37+,38-,39-,41+/m1/s1. The third-order valence-electron chi connectivity index (χ3n) is 10.0. The predicted octanol–water partition coefficient (Wildman–Crippen LogP) is 10.2. The summed E-state index contributed by atoms with van der Waals surface area (Å²) in [6.45, 7) is 26.7. The van der Waals surface area contributed by atoms with Crippen LogP contribution in [0.1, 0.15) is 72.3 Å². The molecule has 5 atom stereocenters. The van der Waals surface area contributed by atoms with Gasteiger partial charge in [-0.25, -0.2) is 9.59 Å². The number of fused-ring (bicyclic) bond motifs is 2. The van der Waals surface area contributed by atoms with E-state index in [0.717, 1.165) is 46.9 Å². The van der Waals surface area contributed by atoms with Gasteiger partial charge < -0.3 is 28.1 Å². The van der Waals surface area contributed by atoms with Crippen LogP contribution in [0, 0.1) is 0 Å². The maximum absolute atomic E-state index is 13.5. The zero-order chi connectivity index (χ0) is 40.1. The van der Waals surface area contributed by atoms with E-state index in [4.69, 9.17) is 28.1 Å². The minimum atomic E-state index is -2.07. The number of rotatable bonds is 11. The molecule has 1 saturated heterocycles. The van der Waals surface area contributed by atoms with Crippen LogP contribution >= 0.6 is 0 Å². The number of nitrogens with one attached hydrogen (secondary N) is 1. The molecule has 0 aliphatic carbocycles. The topological polar surface area (TPSA) is 102 Å². The van der Waals surface area contributed by atoms with E-state index >= 15 is 0 Å². The lowest BCUT2D eigenvalue weighted by Crippen LogP contribution is -2.47. The molecule has 300 valence electrons. The van der Waals surface area contributed by atoms with Crippen LogP contribution in [0.25, 0.3) is 0 Å². The summed E-state index contributed by atoms with van der Waals surface area (Å²) in [6, 6.07) is 8.29. The number of carbonyl (C=O) groups excluding carboxylic acids is 2. The van der Waals surface area contributed by atoms with Crippen molar-refractivity contribution in [1.29, 1.82) is 0 Å². The Labute approximate surface area is 327 Å². The molecule has 2 aliphatic heterocycles. The Bertz CT molecular complexity index is 1520. The van der Waals surface area contributed by atoms with E-state index in [2.05, 4.69) is 83.6 Å². The first-order valence-electron chi connectivity index (χ1n) is 19.3. The minimum Gasteiger partial charge on any atom is -0.497 e. The molecule has 1 N–H and O–H groups in total. The molecule has 1 amide bonds. The largest absolute Gasteiger partial charge is 0.497 e. The van der Waals surface area contributed by atoms with E-state index < -0.39 is 40.8 Å². The van der Waals surface area contributed by atoms with Crippen LogP contribution in [0.2, 0.25) is 43.8 Å². The third kappa shape index (κ3) is 16.2. The molecular weight excluding hydrogens is 715 g/mol. The fourth-order valence-electron chi connectivity index (χ4n) is 5.89. The van der Waals surface area contributed by atoms with Crippen LogP contribution in [-0.2, 0) is 34.8 Å². The van der Waals surface area contributed by atoms with Gasteiger partial charge in [0, 0.05) is 20.6 Å². The average molecular weight is 782 g/mol. The van der Waals surface area contributed by atoms with Crippen LogP contribution < -0.4 is 10.1 Å². The molecule has 0 unspecified atom stereocenters. The van der Waals surface area contributed by atoms with Crippen molar-refractivity contribution >= 4 is 28.5 Å². The molecule has 11 heteroatoms. The molecule has 0 aromatic heterocycles. The normalized spacial score (nSPS) is 26.1. The number of ether oxygens (including phenoxy) is 5. The second-order valence-electron chi connectivity index (χ2n) is 17.5. The molecule has 1 aromatic carbocycles. The zero-order valence-electron chi connectivity index (χ0n) is 34.8. The smallest absolute Gasteiger partial charge is 0.409 e. The van der Waals surface area contributed by atoms with Gasteiger partial charge in [0.1, 0.15) is 5.75 Å². The Morgan fingerprint density at radius 3 is 2.37 bits per heavy atom. The lowest BCUT2D eigenvalue weighted by Gasteiger charge is -2.39. The molecule has 2 bridgehead atoms. The highest BCUT2D eigenvalue weighted by Gasteiger charge is 2.39. The Morgan fingerprint density at radius 2 is 1.72 bits per heavy atom. The number of hydrogen-bond acceptors (Lipinski definition) is 8. The second kappa shape index (κ2) is 20.6. The van der Waals surface area contributed by atoms with Crippen LogP contribution in [0.15, 0.2) is 84.0 Å². The molecule has 0 radical (unpaired) electrons. The monoisotopic (exact) mass is 781 g/mol. The number of hydrogen-bond donors (Lipinski definition) is 1. The molecule has 2 aliphatic rings. The number of amides is 1. The van der Waals surface area contributed by atoms with Crippen molar-refractivity contribution in [3.8, 4) is 5.75 Å². The number of allylic oxidation sites excluding steroid dienone is 2. The summed E-state index contributed by atoms with van der Waals surface area (Å²) in [5.74, 6) is 0.166. The van der Waals surface area contributed by atoms with E-state index in [9.17, 15) is 9.59 Å². The zero-order valence-corrected chi connectivity index (χ0v) is 36.8. The number of cyclic esters (lactones) is 1. The van der Waals surface area contributed by atoms with Crippen molar-refractivity contribution < 1.29 is 37.7 Å². The molecule has 54 heavy (non-hydrogen) atoms. The van der Waals surface area contributed by atoms with Crippen molar-refractivity contribution in [2.45, 2.75) is 148 Å². The number of carbonyl (C=O) groups is 2. The van der Waals surface area contributed by atoms with Gasteiger partial charge in [-0.2, -0.15) is 0 Å². The predicted molar refractivity (Wildman–Crippen MR) is 223 cm³/mol. The molecule has 0 saturated carbocycles. The number of methoxy groups -OCH3 is 1. The molecule has 2 heterocycles. The minimum absolute atomic E-state index is 0.0228. The lowest BCUT2D eigenvalue weighted by atomic mass is 9.95. The summed E-state index contributed by atoms with van der Waals surface area (Å²) in [6.07, 6.45) is 11.8. The van der Waals surface area contributed by atoms with Crippen molar-refractivity contribution in [3.05, 3.63) is 89.6 Å². The SMILES string of the molecule is C=C1C[C@H]2C/C=C/[C@H](O[Si](C)(C)C(C)(C)C)C/C(C)=C\C=C\C(=O)O[C@@H]([C@@H](NC(=O)OCC[Si](C)(C)C)OCc3ccc(OC)cc3)C/C(C)=C/[C@@H](C1)O2. The van der Waals surface area contributed by atoms with Crippen molar-refractivity contribution in [3.63, 3.8) is 0 Å². The van der Waals surface area contributed by atoms with Crippen molar-refractivity contribution in [2.75, 3.05) is 13.7 Å². The first-order valence-corrected chi connectivity index (χ1v) is 25.9. The van der Waals surface area contributed by atoms with Gasteiger partial charge in [0.15, 0.2) is 20.6 Å².